The van der Waals surface area contributed by atoms with E-state index in [4.69, 9.17) is 4.74 Å². The van der Waals surface area contributed by atoms with Gasteiger partial charge in [-0.05, 0) is 32.9 Å². The Morgan fingerprint density at radius 2 is 1.64 bits per heavy atom. The molecule has 3 aromatic rings. The number of carbonyl (C=O) groups is 1. The Hall–Kier alpha value is -3.15. The minimum Gasteiger partial charge on any atom is -0.443 e. The molecule has 1 heterocycles. The van der Waals surface area contributed by atoms with Gasteiger partial charge in [-0.3, -0.25) is 10.1 Å². The topological polar surface area (TPSA) is 74.4 Å². The van der Waals surface area contributed by atoms with Crippen LogP contribution < -0.4 is 0 Å². The highest BCUT2D eigenvalue weighted by atomic mass is 16.6. The molecule has 0 fully saturated rings. The van der Waals surface area contributed by atoms with Gasteiger partial charge in [0.2, 0.25) is 0 Å². The number of hydrogen-bond acceptors (Lipinski definition) is 4. The van der Waals surface area contributed by atoms with Crippen molar-refractivity contribution in [1.29, 1.82) is 0 Å². The molecule has 3 rings (SSSR count). The van der Waals surface area contributed by atoms with Gasteiger partial charge in [0.15, 0.2) is 0 Å². The molecule has 0 atom stereocenters. The molecular weight excluding hydrogens is 320 g/mol. The van der Waals surface area contributed by atoms with Gasteiger partial charge in [-0.2, -0.15) is 0 Å². The lowest BCUT2D eigenvalue weighted by Gasteiger charge is -2.20. The molecule has 6 nitrogen and oxygen atoms in total. The predicted molar refractivity (Wildman–Crippen MR) is 95.7 cm³/mol. The molecular formula is C19H18N2O4. The molecule has 0 amide bonds. The molecule has 6 heteroatoms. The molecule has 0 saturated carbocycles. The van der Waals surface area contributed by atoms with Crippen LogP contribution in [0.2, 0.25) is 0 Å². The van der Waals surface area contributed by atoms with Crippen molar-refractivity contribution >= 4 is 22.7 Å². The zero-order valence-electron chi connectivity index (χ0n) is 14.2. The maximum atomic E-state index is 12.8. The van der Waals surface area contributed by atoms with Gasteiger partial charge in [0.1, 0.15) is 11.3 Å². The molecule has 0 spiro atoms. The van der Waals surface area contributed by atoms with Gasteiger partial charge in [-0.1, -0.05) is 42.5 Å². The number of fused-ring (bicyclic) bond motifs is 1. The van der Waals surface area contributed by atoms with Crippen molar-refractivity contribution in [2.24, 2.45) is 0 Å². The summed E-state index contributed by atoms with van der Waals surface area (Å²) in [4.78, 5) is 24.1. The lowest BCUT2D eigenvalue weighted by molar-refractivity contribution is -0.382. The summed E-state index contributed by atoms with van der Waals surface area (Å²) in [6.45, 7) is 5.27. The average Bonchev–Trinajstić information content (AvgIpc) is 2.89. The molecule has 0 aliphatic rings. The number of ether oxygens (including phenoxy) is 1. The SMILES string of the molecule is CC(C)(C)OC(=O)n1c(-c2ccccc2)c([N+](=O)[O-])c2ccccc21. The van der Waals surface area contributed by atoms with E-state index >= 15 is 0 Å². The molecule has 2 aromatic carbocycles. The van der Waals surface area contributed by atoms with Crippen molar-refractivity contribution in [2.75, 3.05) is 0 Å². The first-order valence-electron chi connectivity index (χ1n) is 7.86. The van der Waals surface area contributed by atoms with E-state index < -0.39 is 16.6 Å². The standard InChI is InChI=1S/C19H18N2O4/c1-19(2,3)25-18(22)20-15-12-8-7-11-14(15)17(21(23)24)16(20)13-9-5-4-6-10-13/h4-12H,1-3H3. The minimum absolute atomic E-state index is 0.104. The molecule has 0 unspecified atom stereocenters. The van der Waals surface area contributed by atoms with E-state index in [9.17, 15) is 14.9 Å². The second kappa shape index (κ2) is 6.05. The van der Waals surface area contributed by atoms with Crippen LogP contribution in [-0.2, 0) is 4.74 Å². The third-order valence-corrected chi connectivity index (χ3v) is 3.65. The van der Waals surface area contributed by atoms with Gasteiger partial charge < -0.3 is 4.74 Å². The number of rotatable bonds is 2. The van der Waals surface area contributed by atoms with Gasteiger partial charge in [0, 0.05) is 5.56 Å². The number of nitrogens with zero attached hydrogens (tertiary/aromatic N) is 2. The van der Waals surface area contributed by atoms with Crippen LogP contribution in [-0.4, -0.2) is 21.2 Å². The van der Waals surface area contributed by atoms with E-state index in [0.29, 0.717) is 16.5 Å². The molecule has 1 aromatic heterocycles. The van der Waals surface area contributed by atoms with Gasteiger partial charge in [-0.25, -0.2) is 9.36 Å². The number of para-hydroxylation sites is 1. The summed E-state index contributed by atoms with van der Waals surface area (Å²) < 4.78 is 6.77. The van der Waals surface area contributed by atoms with Crippen LogP contribution in [0, 0.1) is 10.1 Å². The van der Waals surface area contributed by atoms with Crippen LogP contribution in [0.1, 0.15) is 20.8 Å². The highest BCUT2D eigenvalue weighted by molar-refractivity contribution is 6.04. The summed E-state index contributed by atoms with van der Waals surface area (Å²) in [5, 5.41) is 12.2. The van der Waals surface area contributed by atoms with Crippen molar-refractivity contribution < 1.29 is 14.5 Å². The number of aromatic nitrogens is 1. The van der Waals surface area contributed by atoms with Crippen LogP contribution >= 0.6 is 0 Å². The zero-order chi connectivity index (χ0) is 18.2. The number of carbonyl (C=O) groups excluding carboxylic acids is 1. The average molecular weight is 338 g/mol. The van der Waals surface area contributed by atoms with E-state index in [1.54, 1.807) is 69.3 Å². The highest BCUT2D eigenvalue weighted by Crippen LogP contribution is 2.39. The second-order valence-corrected chi connectivity index (χ2v) is 6.65. The van der Waals surface area contributed by atoms with Crippen LogP contribution in [0.4, 0.5) is 10.5 Å². The summed E-state index contributed by atoms with van der Waals surface area (Å²) in [7, 11) is 0. The number of benzene rings is 2. The first-order valence-corrected chi connectivity index (χ1v) is 7.86. The van der Waals surface area contributed by atoms with Crippen LogP contribution in [0.25, 0.3) is 22.2 Å². The van der Waals surface area contributed by atoms with E-state index in [0.717, 1.165) is 0 Å². The lowest BCUT2D eigenvalue weighted by Crippen LogP contribution is -2.27. The Kier molecular flexibility index (Phi) is 4.04. The maximum Gasteiger partial charge on any atom is 0.419 e. The molecule has 0 N–H and O–H groups in total. The second-order valence-electron chi connectivity index (χ2n) is 6.65. The fraction of sp³-hybridized carbons (Fsp3) is 0.211. The molecule has 0 bridgehead atoms. The smallest absolute Gasteiger partial charge is 0.419 e. The Labute approximate surface area is 144 Å². The molecule has 25 heavy (non-hydrogen) atoms. The summed E-state index contributed by atoms with van der Waals surface area (Å²) in [6, 6.07) is 15.6. The normalized spacial score (nSPS) is 11.5. The number of hydrogen-bond donors (Lipinski definition) is 0. The van der Waals surface area contributed by atoms with Gasteiger partial charge in [0.05, 0.1) is 15.8 Å². The molecule has 0 radical (unpaired) electrons. The Bertz CT molecular complexity index is 953. The van der Waals surface area contributed by atoms with Crippen molar-refractivity contribution in [3.63, 3.8) is 0 Å². The zero-order valence-corrected chi connectivity index (χ0v) is 14.2. The quantitative estimate of drug-likeness (QED) is 0.487. The third kappa shape index (κ3) is 3.10. The first-order chi connectivity index (χ1) is 11.8. The monoisotopic (exact) mass is 338 g/mol. The fourth-order valence-corrected chi connectivity index (χ4v) is 2.77. The lowest BCUT2D eigenvalue weighted by atomic mass is 10.1. The first kappa shape index (κ1) is 16.7. The van der Waals surface area contributed by atoms with E-state index in [1.807, 2.05) is 6.07 Å². The Morgan fingerprint density at radius 1 is 1.04 bits per heavy atom. The third-order valence-electron chi connectivity index (χ3n) is 3.65. The van der Waals surface area contributed by atoms with Crippen LogP contribution in [0.3, 0.4) is 0 Å². The summed E-state index contributed by atoms with van der Waals surface area (Å²) in [5.41, 5.74) is 0.429. The summed E-state index contributed by atoms with van der Waals surface area (Å²) in [5.74, 6) is 0. The maximum absolute atomic E-state index is 12.8. The Balaban J connectivity index is 2.38. The molecule has 0 aliphatic carbocycles. The predicted octanol–water partition coefficient (Wildman–Crippen LogP) is 5.00. The minimum atomic E-state index is -0.717. The van der Waals surface area contributed by atoms with Crippen LogP contribution in [0.15, 0.2) is 54.6 Å². The van der Waals surface area contributed by atoms with E-state index in [-0.39, 0.29) is 11.4 Å². The van der Waals surface area contributed by atoms with Crippen molar-refractivity contribution in [2.45, 2.75) is 26.4 Å². The molecule has 0 saturated heterocycles. The molecule has 0 aliphatic heterocycles. The van der Waals surface area contributed by atoms with Crippen LogP contribution in [0.5, 0.6) is 0 Å². The number of nitro groups is 1. The van der Waals surface area contributed by atoms with Gasteiger partial charge in [-0.15, -0.1) is 0 Å². The largest absolute Gasteiger partial charge is 0.443 e. The summed E-state index contributed by atoms with van der Waals surface area (Å²) in [6.07, 6.45) is -0.643. The fourth-order valence-electron chi connectivity index (χ4n) is 2.77. The van der Waals surface area contributed by atoms with E-state index in [2.05, 4.69) is 0 Å². The highest BCUT2D eigenvalue weighted by Gasteiger charge is 2.31. The molecule has 128 valence electrons. The van der Waals surface area contributed by atoms with Gasteiger partial charge in [0.25, 0.3) is 0 Å². The van der Waals surface area contributed by atoms with E-state index in [1.165, 1.54) is 4.57 Å². The van der Waals surface area contributed by atoms with Crippen molar-refractivity contribution in [1.82, 2.24) is 4.57 Å². The van der Waals surface area contributed by atoms with Crippen molar-refractivity contribution in [3.05, 3.63) is 64.7 Å². The van der Waals surface area contributed by atoms with Gasteiger partial charge >= 0.3 is 11.8 Å². The van der Waals surface area contributed by atoms with Crippen molar-refractivity contribution in [3.8, 4) is 11.3 Å². The Morgan fingerprint density at radius 3 is 2.24 bits per heavy atom. The summed E-state index contributed by atoms with van der Waals surface area (Å²) >= 11 is 0.